The van der Waals surface area contributed by atoms with Crippen molar-refractivity contribution in [3.05, 3.63) is 41.1 Å². The molecule has 9 heteroatoms. The lowest BCUT2D eigenvalue weighted by atomic mass is 9.82. The van der Waals surface area contributed by atoms with Crippen molar-refractivity contribution in [3.8, 4) is 0 Å². The summed E-state index contributed by atoms with van der Waals surface area (Å²) in [6, 6.07) is 6.50. The second-order valence-electron chi connectivity index (χ2n) is 8.53. The summed E-state index contributed by atoms with van der Waals surface area (Å²) in [6.45, 7) is 2.70. The molecule has 1 aromatic rings. The monoisotopic (exact) mass is 467 g/mol. The Hall–Kier alpha value is -1.45. The van der Waals surface area contributed by atoms with Crippen LogP contribution < -0.4 is 0 Å². The van der Waals surface area contributed by atoms with Crippen LogP contribution in [0.3, 0.4) is 0 Å². The summed E-state index contributed by atoms with van der Waals surface area (Å²) in [5.41, 5.74) is 0.979. The number of amides is 1. The first-order chi connectivity index (χ1) is 14.9. The Morgan fingerprint density at radius 2 is 1.87 bits per heavy atom. The molecule has 4 rings (SSSR count). The molecule has 1 N–H and O–H groups in total. The fourth-order valence-corrected chi connectivity index (χ4v) is 6.83. The predicted molar refractivity (Wildman–Crippen MR) is 119 cm³/mol. The SMILES string of the molecule is O=C(CN1CCCN(S(=O)(=O)c2ccccc2Cl)CC1)N1CCC(O)C2CCCC=C21. The topological polar surface area (TPSA) is 81.2 Å². The molecule has 0 aromatic heterocycles. The molecule has 2 fully saturated rings. The van der Waals surface area contributed by atoms with Gasteiger partial charge in [0.25, 0.3) is 0 Å². The first-order valence-electron chi connectivity index (χ1n) is 11.0. The maximum atomic E-state index is 13.1. The number of hydrogen-bond donors (Lipinski definition) is 1. The summed E-state index contributed by atoms with van der Waals surface area (Å²) in [5.74, 6) is 0.0966. The number of likely N-dealkylation sites (tertiary alicyclic amines) is 1. The molecule has 2 aliphatic heterocycles. The Labute approximate surface area is 189 Å². The second-order valence-corrected chi connectivity index (χ2v) is 10.8. The largest absolute Gasteiger partial charge is 0.392 e. The lowest BCUT2D eigenvalue weighted by Gasteiger charge is -2.41. The average Bonchev–Trinajstić information content (AvgIpc) is 3.00. The van der Waals surface area contributed by atoms with Gasteiger partial charge < -0.3 is 10.0 Å². The number of hydrogen-bond acceptors (Lipinski definition) is 5. The molecule has 170 valence electrons. The van der Waals surface area contributed by atoms with E-state index in [2.05, 4.69) is 6.08 Å². The minimum atomic E-state index is -3.67. The minimum Gasteiger partial charge on any atom is -0.392 e. The zero-order valence-electron chi connectivity index (χ0n) is 17.6. The van der Waals surface area contributed by atoms with Crippen molar-refractivity contribution in [1.82, 2.24) is 14.1 Å². The Balaban J connectivity index is 1.40. The number of aliphatic hydroxyl groups is 1. The Bertz CT molecular complexity index is 952. The molecule has 1 amide bonds. The number of sulfonamides is 1. The maximum absolute atomic E-state index is 13.1. The summed E-state index contributed by atoms with van der Waals surface area (Å²) in [7, 11) is -3.67. The third-order valence-corrected chi connectivity index (χ3v) is 8.94. The third kappa shape index (κ3) is 4.83. The van der Waals surface area contributed by atoms with E-state index in [4.69, 9.17) is 11.6 Å². The van der Waals surface area contributed by atoms with Crippen molar-refractivity contribution in [1.29, 1.82) is 0 Å². The van der Waals surface area contributed by atoms with Crippen LogP contribution in [-0.2, 0) is 14.8 Å². The summed E-state index contributed by atoms with van der Waals surface area (Å²) in [4.78, 5) is 17.1. The van der Waals surface area contributed by atoms with Crippen molar-refractivity contribution >= 4 is 27.5 Å². The highest BCUT2D eigenvalue weighted by Gasteiger charge is 2.36. The van der Waals surface area contributed by atoms with E-state index >= 15 is 0 Å². The normalized spacial score (nSPS) is 26.1. The van der Waals surface area contributed by atoms with Crippen LogP contribution in [0.25, 0.3) is 0 Å². The average molecular weight is 468 g/mol. The van der Waals surface area contributed by atoms with Gasteiger partial charge in [0.05, 0.1) is 17.7 Å². The van der Waals surface area contributed by atoms with E-state index in [1.807, 2.05) is 9.80 Å². The summed E-state index contributed by atoms with van der Waals surface area (Å²) in [5, 5.41) is 10.5. The van der Waals surface area contributed by atoms with Gasteiger partial charge in [0.1, 0.15) is 4.90 Å². The molecule has 0 saturated carbocycles. The van der Waals surface area contributed by atoms with E-state index in [0.29, 0.717) is 45.6 Å². The van der Waals surface area contributed by atoms with Crippen LogP contribution in [0.2, 0.25) is 5.02 Å². The summed E-state index contributed by atoms with van der Waals surface area (Å²) < 4.78 is 27.6. The van der Waals surface area contributed by atoms with Crippen molar-refractivity contribution in [3.63, 3.8) is 0 Å². The summed E-state index contributed by atoms with van der Waals surface area (Å²) >= 11 is 6.13. The van der Waals surface area contributed by atoms with E-state index in [9.17, 15) is 18.3 Å². The second kappa shape index (κ2) is 9.58. The number of carbonyl (C=O) groups excluding carboxylic acids is 1. The van der Waals surface area contributed by atoms with Gasteiger partial charge in [-0.1, -0.05) is 29.8 Å². The lowest BCUT2D eigenvalue weighted by Crippen LogP contribution is -2.48. The van der Waals surface area contributed by atoms with Crippen molar-refractivity contribution in [2.24, 2.45) is 5.92 Å². The molecule has 0 radical (unpaired) electrons. The van der Waals surface area contributed by atoms with E-state index in [1.54, 1.807) is 18.2 Å². The molecule has 7 nitrogen and oxygen atoms in total. The van der Waals surface area contributed by atoms with Gasteiger partial charge in [0, 0.05) is 37.8 Å². The Morgan fingerprint density at radius 3 is 2.68 bits per heavy atom. The number of carbonyl (C=O) groups is 1. The summed E-state index contributed by atoms with van der Waals surface area (Å²) in [6.07, 6.45) is 5.93. The molecule has 3 aliphatic rings. The van der Waals surface area contributed by atoms with Crippen LogP contribution in [0.5, 0.6) is 0 Å². The number of aliphatic hydroxyl groups excluding tert-OH is 1. The van der Waals surface area contributed by atoms with E-state index in [1.165, 1.54) is 10.4 Å². The lowest BCUT2D eigenvalue weighted by molar-refractivity contribution is -0.133. The quantitative estimate of drug-likeness (QED) is 0.734. The predicted octanol–water partition coefficient (Wildman–Crippen LogP) is 2.31. The number of allylic oxidation sites excluding steroid dienone is 1. The first kappa shape index (κ1) is 22.7. The van der Waals surface area contributed by atoms with Gasteiger partial charge >= 0.3 is 0 Å². The van der Waals surface area contributed by atoms with Crippen molar-refractivity contribution in [2.75, 3.05) is 39.3 Å². The van der Waals surface area contributed by atoms with Crippen LogP contribution in [0, 0.1) is 5.92 Å². The molecule has 1 aliphatic carbocycles. The molecule has 0 bridgehead atoms. The van der Waals surface area contributed by atoms with Crippen LogP contribution in [-0.4, -0.2) is 78.9 Å². The maximum Gasteiger partial charge on any atom is 0.244 e. The molecule has 2 saturated heterocycles. The minimum absolute atomic E-state index is 0.0347. The molecule has 0 spiro atoms. The van der Waals surface area contributed by atoms with Crippen molar-refractivity contribution in [2.45, 2.75) is 43.1 Å². The zero-order chi connectivity index (χ0) is 22.0. The fourth-order valence-electron chi connectivity index (χ4n) is 4.86. The van der Waals surface area contributed by atoms with Gasteiger partial charge in [-0.15, -0.1) is 0 Å². The molecular weight excluding hydrogens is 438 g/mol. The van der Waals surface area contributed by atoms with E-state index in [-0.39, 0.29) is 34.4 Å². The van der Waals surface area contributed by atoms with Crippen LogP contribution >= 0.6 is 11.6 Å². The van der Waals surface area contributed by atoms with E-state index < -0.39 is 10.0 Å². The molecular formula is C22H30ClN3O4S. The van der Waals surface area contributed by atoms with Gasteiger partial charge in [-0.25, -0.2) is 8.42 Å². The number of rotatable bonds is 4. The van der Waals surface area contributed by atoms with Gasteiger partial charge in [0.2, 0.25) is 15.9 Å². The number of benzene rings is 1. The van der Waals surface area contributed by atoms with Crippen LogP contribution in [0.4, 0.5) is 0 Å². The highest BCUT2D eigenvalue weighted by atomic mass is 35.5. The standard InChI is InChI=1S/C22H30ClN3O4S/c23-18-7-2-4-9-21(18)31(29,30)25-12-5-11-24(14-15-25)16-22(28)26-13-10-20(27)17-6-1-3-8-19(17)26/h2,4,7-9,17,20,27H,1,3,5-6,10-16H2. The zero-order valence-corrected chi connectivity index (χ0v) is 19.2. The van der Waals surface area contributed by atoms with Gasteiger partial charge in [-0.05, 0) is 50.8 Å². The Morgan fingerprint density at radius 1 is 1.06 bits per heavy atom. The third-order valence-electron chi connectivity index (χ3n) is 6.54. The molecule has 31 heavy (non-hydrogen) atoms. The van der Waals surface area contributed by atoms with Crippen molar-refractivity contribution < 1.29 is 18.3 Å². The number of fused-ring (bicyclic) bond motifs is 1. The number of nitrogens with zero attached hydrogens (tertiary/aromatic N) is 3. The first-order valence-corrected chi connectivity index (χ1v) is 12.9. The van der Waals surface area contributed by atoms with Crippen LogP contribution in [0.1, 0.15) is 32.1 Å². The molecule has 2 heterocycles. The molecule has 2 unspecified atom stereocenters. The Kier molecular flexibility index (Phi) is 7.03. The smallest absolute Gasteiger partial charge is 0.244 e. The van der Waals surface area contributed by atoms with Crippen LogP contribution in [0.15, 0.2) is 40.9 Å². The number of piperidine rings is 1. The van der Waals surface area contributed by atoms with Gasteiger partial charge in [-0.2, -0.15) is 4.31 Å². The molecule has 1 aromatic carbocycles. The van der Waals surface area contributed by atoms with Gasteiger partial charge in [0.15, 0.2) is 0 Å². The fraction of sp³-hybridized carbons (Fsp3) is 0.591. The highest BCUT2D eigenvalue weighted by Crippen LogP contribution is 2.35. The highest BCUT2D eigenvalue weighted by molar-refractivity contribution is 7.89. The van der Waals surface area contributed by atoms with E-state index in [0.717, 1.165) is 25.0 Å². The number of halogens is 1. The van der Waals surface area contributed by atoms with Gasteiger partial charge in [-0.3, -0.25) is 9.69 Å². The molecule has 2 atom stereocenters.